The highest BCUT2D eigenvalue weighted by molar-refractivity contribution is 7.98. The zero-order valence-electron chi connectivity index (χ0n) is 20.7. The first-order chi connectivity index (χ1) is 14.9. The molecule has 4 nitrogen and oxygen atoms in total. The van der Waals surface area contributed by atoms with E-state index >= 15 is 0 Å². The Hall–Kier alpha value is -1.83. The second-order valence-corrected chi connectivity index (χ2v) is 10.4. The molecule has 2 aromatic carbocycles. The number of thiophene rings is 1. The fourth-order valence-electron chi connectivity index (χ4n) is 3.25. The molecule has 3 rings (SSSR count). The van der Waals surface area contributed by atoms with E-state index in [-0.39, 0.29) is 25.2 Å². The van der Waals surface area contributed by atoms with Crippen molar-refractivity contribution in [2.75, 3.05) is 25.3 Å². The van der Waals surface area contributed by atoms with Gasteiger partial charge in [-0.05, 0) is 77.1 Å². The molecule has 1 heterocycles. The molecule has 0 spiro atoms. The molecule has 1 aromatic heterocycles. The maximum atomic E-state index is 5.98. The first kappa shape index (κ1) is 34.3. The molecule has 0 saturated carbocycles. The maximum Gasteiger partial charge on any atom is 0.118 e. The molecular weight excluding hydrogens is 462 g/mol. The van der Waals surface area contributed by atoms with E-state index in [1.54, 1.807) is 11.3 Å². The first-order valence-corrected chi connectivity index (χ1v) is 13.1. The summed E-state index contributed by atoms with van der Waals surface area (Å²) in [6.07, 6.45) is 4.94. The summed E-state index contributed by atoms with van der Waals surface area (Å²) >= 11 is 3.65. The number of hydrogen-bond donors (Lipinski definition) is 0. The average Bonchev–Trinajstić information content (AvgIpc) is 3.24. The number of ether oxygens (including phenoxy) is 1. The van der Waals surface area contributed by atoms with Gasteiger partial charge >= 0.3 is 0 Å². The minimum atomic E-state index is 0. The highest BCUT2D eigenvalue weighted by Gasteiger charge is 2.21. The molecule has 0 unspecified atom stereocenters. The Balaban J connectivity index is -0.00000119. The van der Waals surface area contributed by atoms with Crippen molar-refractivity contribution in [1.29, 1.82) is 0 Å². The van der Waals surface area contributed by atoms with Crippen molar-refractivity contribution in [3.05, 3.63) is 83.4 Å². The Bertz CT molecular complexity index is 945. The largest absolute Gasteiger partial charge is 0.412 e. The predicted octanol–water partition coefficient (Wildman–Crippen LogP) is 7.10. The van der Waals surface area contributed by atoms with Crippen LogP contribution in [-0.4, -0.2) is 41.2 Å². The number of rotatable bonds is 10. The lowest BCUT2D eigenvalue weighted by Crippen LogP contribution is -2.24. The lowest BCUT2D eigenvalue weighted by atomic mass is 9.81. The topological polar surface area (TPSA) is 75.5 Å². The minimum absolute atomic E-state index is 0. The van der Waals surface area contributed by atoms with Gasteiger partial charge in [0.05, 0.1) is 0 Å². The van der Waals surface area contributed by atoms with Gasteiger partial charge in [-0.25, -0.2) is 0 Å². The van der Waals surface area contributed by atoms with Crippen molar-refractivity contribution >= 4 is 33.2 Å². The minimum Gasteiger partial charge on any atom is -0.412 e. The molecule has 0 radical (unpaired) electrons. The zero-order chi connectivity index (χ0) is 22.7. The van der Waals surface area contributed by atoms with Gasteiger partial charge < -0.3 is 20.6 Å². The molecule has 0 amide bonds. The molecule has 34 heavy (non-hydrogen) atoms. The number of nitrogens with zero attached hydrogens (tertiary/aromatic N) is 1. The van der Waals surface area contributed by atoms with Gasteiger partial charge in [0.25, 0.3) is 0 Å². The molecule has 0 atom stereocenters. The van der Waals surface area contributed by atoms with Gasteiger partial charge in [-0.1, -0.05) is 70.7 Å². The number of hydrogen-bond acceptors (Lipinski definition) is 4. The van der Waals surface area contributed by atoms with E-state index in [0.29, 0.717) is 6.73 Å². The van der Waals surface area contributed by atoms with E-state index in [2.05, 4.69) is 99.3 Å². The Labute approximate surface area is 217 Å². The summed E-state index contributed by atoms with van der Waals surface area (Å²) in [5, 5.41) is 3.49. The maximum absolute atomic E-state index is 5.98. The Morgan fingerprint density at radius 2 is 1.85 bits per heavy atom. The molecule has 6 heteroatoms. The van der Waals surface area contributed by atoms with Gasteiger partial charge in [0.15, 0.2) is 0 Å². The first-order valence-electron chi connectivity index (χ1n) is 10.9. The summed E-state index contributed by atoms with van der Waals surface area (Å²) in [7, 11) is 0. The SMILES string of the molecule is C.C=CN(COCCC(C)(C)c1ccc2sccc2c1)Cc1cccc(C)c1.CCSC.O.O.[HH]. The lowest BCUT2D eigenvalue weighted by molar-refractivity contribution is 0.0422. The fourth-order valence-corrected chi connectivity index (χ4v) is 4.02. The van der Waals surface area contributed by atoms with Gasteiger partial charge in [0.1, 0.15) is 6.73 Å². The van der Waals surface area contributed by atoms with Gasteiger partial charge in [0.2, 0.25) is 0 Å². The number of thioether (sulfide) groups is 1. The summed E-state index contributed by atoms with van der Waals surface area (Å²) in [4.78, 5) is 2.11. The number of benzene rings is 2. The van der Waals surface area contributed by atoms with Crippen molar-refractivity contribution in [2.24, 2.45) is 0 Å². The van der Waals surface area contributed by atoms with Crippen LogP contribution in [0.3, 0.4) is 0 Å². The Kier molecular flexibility index (Phi) is 17.8. The molecule has 0 fully saturated rings. The third kappa shape index (κ3) is 11.1. The van der Waals surface area contributed by atoms with Crippen molar-refractivity contribution in [1.82, 2.24) is 4.90 Å². The van der Waals surface area contributed by atoms with Crippen molar-refractivity contribution in [3.8, 4) is 0 Å². The van der Waals surface area contributed by atoms with E-state index < -0.39 is 0 Å². The summed E-state index contributed by atoms with van der Waals surface area (Å²) in [5.74, 6) is 1.24. The summed E-state index contributed by atoms with van der Waals surface area (Å²) < 4.78 is 7.33. The number of aryl methyl sites for hydroxylation is 1. The predicted molar refractivity (Wildman–Crippen MR) is 157 cm³/mol. The van der Waals surface area contributed by atoms with Crippen molar-refractivity contribution < 1.29 is 17.1 Å². The van der Waals surface area contributed by atoms with Crippen molar-refractivity contribution in [2.45, 2.75) is 53.5 Å². The molecule has 194 valence electrons. The van der Waals surface area contributed by atoms with Gasteiger partial charge in [0, 0.05) is 19.3 Å². The van der Waals surface area contributed by atoms with Crippen LogP contribution in [0, 0.1) is 6.92 Å². The van der Waals surface area contributed by atoms with Crippen LogP contribution in [0.15, 0.2) is 66.7 Å². The third-order valence-corrected chi connectivity index (χ3v) is 6.85. The molecule has 4 N–H and O–H groups in total. The van der Waals surface area contributed by atoms with E-state index in [1.807, 2.05) is 18.0 Å². The van der Waals surface area contributed by atoms with Crippen LogP contribution >= 0.6 is 23.1 Å². The van der Waals surface area contributed by atoms with Crippen molar-refractivity contribution in [3.63, 3.8) is 0 Å². The highest BCUT2D eigenvalue weighted by atomic mass is 32.2. The van der Waals surface area contributed by atoms with Gasteiger partial charge in [-0.2, -0.15) is 11.8 Å². The second-order valence-electron chi connectivity index (χ2n) is 8.34. The van der Waals surface area contributed by atoms with Crippen LogP contribution in [0.25, 0.3) is 10.1 Å². The molecule has 3 aromatic rings. The van der Waals surface area contributed by atoms with Crippen LogP contribution in [0.1, 0.15) is 52.7 Å². The monoisotopic (exact) mass is 509 g/mol. The fraction of sp³-hybridized carbons (Fsp3) is 0.429. The average molecular weight is 510 g/mol. The summed E-state index contributed by atoms with van der Waals surface area (Å²) in [5.41, 5.74) is 4.02. The van der Waals surface area contributed by atoms with Gasteiger partial charge in [-0.3, -0.25) is 0 Å². The lowest BCUT2D eigenvalue weighted by Gasteiger charge is -2.26. The summed E-state index contributed by atoms with van der Waals surface area (Å²) in [6.45, 7) is 14.9. The van der Waals surface area contributed by atoms with Crippen LogP contribution in [0.4, 0.5) is 0 Å². The van der Waals surface area contributed by atoms with E-state index in [1.165, 1.54) is 32.5 Å². The van der Waals surface area contributed by atoms with Crippen LogP contribution in [0.5, 0.6) is 0 Å². The molecule has 0 aliphatic rings. The Morgan fingerprint density at radius 1 is 1.15 bits per heavy atom. The zero-order valence-corrected chi connectivity index (χ0v) is 22.3. The quantitative estimate of drug-likeness (QED) is 0.216. The van der Waals surface area contributed by atoms with Crippen LogP contribution in [-0.2, 0) is 16.7 Å². The van der Waals surface area contributed by atoms with Crippen LogP contribution < -0.4 is 0 Å². The highest BCUT2D eigenvalue weighted by Crippen LogP contribution is 2.31. The van der Waals surface area contributed by atoms with Gasteiger partial charge in [-0.15, -0.1) is 11.3 Å². The van der Waals surface area contributed by atoms with E-state index in [4.69, 9.17) is 4.74 Å². The summed E-state index contributed by atoms with van der Waals surface area (Å²) in [6, 6.07) is 17.6. The van der Waals surface area contributed by atoms with Crippen LogP contribution in [0.2, 0.25) is 0 Å². The normalized spacial score (nSPS) is 10.1. The molecule has 0 aliphatic carbocycles. The van der Waals surface area contributed by atoms with E-state index in [9.17, 15) is 0 Å². The standard InChI is InChI=1S/C24H29NOS.C3H8S.CH4.2H2O.H2/c1-5-25(17-20-8-6-7-19(2)15-20)18-26-13-12-24(3,4)22-9-10-23-21(16-22)11-14-27-23;1-3-4-2;;;;/h5-11,14-16H,1,12-13,17-18H2,2-4H3;3H2,1-2H3;1H4;2*1H2;1H. The second kappa shape index (κ2) is 17.6. The molecule has 0 aliphatic heterocycles. The van der Waals surface area contributed by atoms with E-state index in [0.717, 1.165) is 19.6 Å². The third-order valence-electron chi connectivity index (χ3n) is 5.38. The smallest absolute Gasteiger partial charge is 0.118 e. The molecular formula is C28H47NO3S2. The Morgan fingerprint density at radius 3 is 2.47 bits per heavy atom. The molecule has 0 bridgehead atoms. The number of fused-ring (bicyclic) bond motifs is 1. The molecule has 0 saturated heterocycles.